The van der Waals surface area contributed by atoms with Gasteiger partial charge in [0.15, 0.2) is 17.6 Å². The van der Waals surface area contributed by atoms with E-state index >= 15 is 0 Å². The Morgan fingerprint density at radius 3 is 2.29 bits per heavy atom. The smallest absolute Gasteiger partial charge is 0.161 e. The normalized spacial score (nSPS) is 22.3. The molecule has 2 aromatic rings. The Bertz CT molecular complexity index is 729. The molecule has 3 unspecified atom stereocenters. The van der Waals surface area contributed by atoms with Gasteiger partial charge in [-0.3, -0.25) is 0 Å². The number of ether oxygens (including phenoxy) is 4. The Morgan fingerprint density at radius 1 is 0.875 bits per heavy atom. The first kappa shape index (κ1) is 16.4. The second kappa shape index (κ2) is 6.59. The Hall–Kier alpha value is -2.44. The summed E-state index contributed by atoms with van der Waals surface area (Å²) in [6.07, 6.45) is -2.90. The van der Waals surface area contributed by atoms with Crippen molar-refractivity contribution in [1.82, 2.24) is 0 Å². The van der Waals surface area contributed by atoms with Gasteiger partial charge in [-0.15, -0.1) is 0 Å². The molecule has 24 heavy (non-hydrogen) atoms. The zero-order valence-corrected chi connectivity index (χ0v) is 13.7. The van der Waals surface area contributed by atoms with Crippen molar-refractivity contribution in [2.24, 2.45) is 0 Å². The van der Waals surface area contributed by atoms with Crippen LogP contribution in [-0.4, -0.2) is 37.6 Å². The summed E-state index contributed by atoms with van der Waals surface area (Å²) in [5.74, 6) is 2.20. The molecule has 0 spiro atoms. The van der Waals surface area contributed by atoms with Crippen LogP contribution in [0.4, 0.5) is 0 Å². The van der Waals surface area contributed by atoms with E-state index in [2.05, 4.69) is 0 Å². The fourth-order valence-electron chi connectivity index (χ4n) is 2.84. The summed E-state index contributed by atoms with van der Waals surface area (Å²) in [5.41, 5.74) is 1.20. The van der Waals surface area contributed by atoms with Crippen molar-refractivity contribution < 1.29 is 29.2 Å². The van der Waals surface area contributed by atoms with Crippen LogP contribution in [0.5, 0.6) is 23.0 Å². The highest BCUT2D eigenvalue weighted by Gasteiger charge is 2.37. The van der Waals surface area contributed by atoms with E-state index in [0.717, 1.165) is 0 Å². The van der Waals surface area contributed by atoms with Crippen molar-refractivity contribution >= 4 is 0 Å². The van der Waals surface area contributed by atoms with Gasteiger partial charge in [-0.1, -0.05) is 6.07 Å². The van der Waals surface area contributed by atoms with Crippen LogP contribution in [0.1, 0.15) is 23.3 Å². The second-order valence-corrected chi connectivity index (χ2v) is 5.49. The molecule has 6 nitrogen and oxygen atoms in total. The lowest BCUT2D eigenvalue weighted by Gasteiger charge is -2.34. The molecular weight excluding hydrogens is 312 g/mol. The highest BCUT2D eigenvalue weighted by atomic mass is 16.5. The van der Waals surface area contributed by atoms with Crippen LogP contribution in [-0.2, 0) is 0 Å². The Balaban J connectivity index is 1.99. The average molecular weight is 332 g/mol. The molecule has 3 rings (SSSR count). The molecular formula is C18H20O6. The lowest BCUT2D eigenvalue weighted by Crippen LogP contribution is -2.34. The number of aliphatic hydroxyl groups excluding tert-OH is 2. The van der Waals surface area contributed by atoms with Gasteiger partial charge in [0.25, 0.3) is 0 Å². The van der Waals surface area contributed by atoms with Crippen LogP contribution in [0.15, 0.2) is 36.4 Å². The van der Waals surface area contributed by atoms with Crippen LogP contribution in [0.3, 0.4) is 0 Å². The van der Waals surface area contributed by atoms with Gasteiger partial charge in [0.1, 0.15) is 23.7 Å². The zero-order chi connectivity index (χ0) is 17.3. The fraction of sp³-hybridized carbons (Fsp3) is 0.333. The molecule has 0 saturated carbocycles. The SMILES string of the molecule is COc1ccc2c(c1)OC(c1ccc(OC)c(OC)c1)C(O)C2O. The number of fused-ring (bicyclic) bond motifs is 1. The van der Waals surface area contributed by atoms with E-state index in [9.17, 15) is 10.2 Å². The van der Waals surface area contributed by atoms with E-state index in [1.807, 2.05) is 0 Å². The molecule has 0 fully saturated rings. The molecule has 0 amide bonds. The van der Waals surface area contributed by atoms with Crippen LogP contribution < -0.4 is 18.9 Å². The minimum Gasteiger partial charge on any atom is -0.497 e. The van der Waals surface area contributed by atoms with Gasteiger partial charge in [-0.2, -0.15) is 0 Å². The number of hydrogen-bond acceptors (Lipinski definition) is 6. The van der Waals surface area contributed by atoms with Crippen LogP contribution in [0.25, 0.3) is 0 Å². The molecule has 128 valence electrons. The first-order valence-corrected chi connectivity index (χ1v) is 7.51. The summed E-state index contributed by atoms with van der Waals surface area (Å²) < 4.78 is 21.6. The van der Waals surface area contributed by atoms with E-state index in [-0.39, 0.29) is 0 Å². The van der Waals surface area contributed by atoms with E-state index in [0.29, 0.717) is 34.1 Å². The number of methoxy groups -OCH3 is 3. The van der Waals surface area contributed by atoms with E-state index in [1.165, 1.54) is 7.11 Å². The summed E-state index contributed by atoms with van der Waals surface area (Å²) in [7, 11) is 4.65. The van der Waals surface area contributed by atoms with Crippen LogP contribution in [0, 0.1) is 0 Å². The molecule has 1 aliphatic rings. The highest BCUT2D eigenvalue weighted by Crippen LogP contribution is 2.43. The molecule has 2 N–H and O–H groups in total. The van der Waals surface area contributed by atoms with Gasteiger partial charge in [-0.05, 0) is 29.8 Å². The van der Waals surface area contributed by atoms with Crippen LogP contribution >= 0.6 is 0 Å². The Morgan fingerprint density at radius 2 is 1.62 bits per heavy atom. The van der Waals surface area contributed by atoms with Gasteiger partial charge in [0, 0.05) is 11.6 Å². The van der Waals surface area contributed by atoms with Crippen molar-refractivity contribution in [1.29, 1.82) is 0 Å². The van der Waals surface area contributed by atoms with Crippen molar-refractivity contribution in [2.45, 2.75) is 18.3 Å². The number of hydrogen-bond donors (Lipinski definition) is 2. The van der Waals surface area contributed by atoms with Gasteiger partial charge < -0.3 is 29.2 Å². The van der Waals surface area contributed by atoms with Gasteiger partial charge >= 0.3 is 0 Å². The monoisotopic (exact) mass is 332 g/mol. The lowest BCUT2D eigenvalue weighted by atomic mass is 9.92. The molecule has 0 radical (unpaired) electrons. The summed E-state index contributed by atoms with van der Waals surface area (Å²) >= 11 is 0. The average Bonchev–Trinajstić information content (AvgIpc) is 2.63. The minimum absolute atomic E-state index is 0.479. The molecule has 0 bridgehead atoms. The molecule has 0 saturated heterocycles. The summed E-state index contributed by atoms with van der Waals surface area (Å²) in [5, 5.41) is 20.9. The summed E-state index contributed by atoms with van der Waals surface area (Å²) in [4.78, 5) is 0. The van der Waals surface area contributed by atoms with Crippen molar-refractivity contribution in [3.63, 3.8) is 0 Å². The quantitative estimate of drug-likeness (QED) is 0.894. The van der Waals surface area contributed by atoms with E-state index in [1.54, 1.807) is 50.6 Å². The number of aliphatic hydroxyl groups is 2. The predicted octanol–water partition coefficient (Wildman–Crippen LogP) is 2.24. The molecule has 0 aliphatic carbocycles. The maximum atomic E-state index is 10.5. The summed E-state index contributed by atoms with van der Waals surface area (Å²) in [6, 6.07) is 10.3. The Labute approximate surface area is 140 Å². The highest BCUT2D eigenvalue weighted by molar-refractivity contribution is 5.47. The van der Waals surface area contributed by atoms with E-state index < -0.39 is 18.3 Å². The van der Waals surface area contributed by atoms with Crippen molar-refractivity contribution in [3.8, 4) is 23.0 Å². The molecule has 0 aromatic heterocycles. The third-order valence-corrected chi connectivity index (χ3v) is 4.16. The third-order valence-electron chi connectivity index (χ3n) is 4.16. The molecule has 3 atom stereocenters. The standard InChI is InChI=1S/C18H20O6/c1-21-11-5-6-12-14(9-11)24-18(17(20)16(12)19)10-4-7-13(22-2)15(8-10)23-3/h4-9,16-20H,1-3H3. The largest absolute Gasteiger partial charge is 0.497 e. The second-order valence-electron chi connectivity index (χ2n) is 5.49. The first-order chi connectivity index (χ1) is 11.6. The minimum atomic E-state index is -1.11. The summed E-state index contributed by atoms with van der Waals surface area (Å²) in [6.45, 7) is 0. The van der Waals surface area contributed by atoms with Crippen LogP contribution in [0.2, 0.25) is 0 Å². The molecule has 2 aromatic carbocycles. The maximum absolute atomic E-state index is 10.5. The third kappa shape index (κ3) is 2.74. The Kier molecular flexibility index (Phi) is 4.51. The zero-order valence-electron chi connectivity index (χ0n) is 13.7. The molecule has 1 heterocycles. The lowest BCUT2D eigenvalue weighted by molar-refractivity contribution is -0.0701. The van der Waals surface area contributed by atoms with E-state index in [4.69, 9.17) is 18.9 Å². The van der Waals surface area contributed by atoms with Crippen molar-refractivity contribution in [2.75, 3.05) is 21.3 Å². The van der Waals surface area contributed by atoms with Crippen molar-refractivity contribution in [3.05, 3.63) is 47.5 Å². The van der Waals surface area contributed by atoms with Gasteiger partial charge in [-0.25, -0.2) is 0 Å². The predicted molar refractivity (Wildman–Crippen MR) is 86.9 cm³/mol. The topological polar surface area (TPSA) is 77.4 Å². The first-order valence-electron chi connectivity index (χ1n) is 7.51. The fourth-order valence-corrected chi connectivity index (χ4v) is 2.84. The maximum Gasteiger partial charge on any atom is 0.161 e. The number of benzene rings is 2. The van der Waals surface area contributed by atoms with Gasteiger partial charge in [0.2, 0.25) is 0 Å². The molecule has 6 heteroatoms. The van der Waals surface area contributed by atoms with Gasteiger partial charge in [0.05, 0.1) is 21.3 Å². The molecule has 1 aliphatic heterocycles. The number of rotatable bonds is 4.